The van der Waals surface area contributed by atoms with Gasteiger partial charge >= 0.3 is 6.03 Å². The molecule has 0 saturated carbocycles. The van der Waals surface area contributed by atoms with Gasteiger partial charge in [-0.05, 0) is 45.0 Å². The molecule has 0 fully saturated rings. The van der Waals surface area contributed by atoms with E-state index in [4.69, 9.17) is 4.98 Å². The van der Waals surface area contributed by atoms with Gasteiger partial charge in [-0.1, -0.05) is 36.4 Å². The second-order valence-electron chi connectivity index (χ2n) is 7.86. The minimum Gasteiger partial charge on any atom is -0.338 e. The zero-order valence-electron chi connectivity index (χ0n) is 18.8. The molecule has 4 rings (SSSR count). The molecule has 8 nitrogen and oxygen atoms in total. The lowest BCUT2D eigenvalue weighted by Gasteiger charge is -2.12. The number of anilines is 2. The highest BCUT2D eigenvalue weighted by atomic mass is 16.2. The summed E-state index contributed by atoms with van der Waals surface area (Å²) in [5.74, 6) is -0.280. The third-order valence-electron chi connectivity index (χ3n) is 5.09. The molecule has 0 aliphatic heterocycles. The van der Waals surface area contributed by atoms with Crippen LogP contribution in [0.3, 0.4) is 0 Å². The molecule has 0 aliphatic rings. The van der Waals surface area contributed by atoms with Gasteiger partial charge in [0.1, 0.15) is 0 Å². The quantitative estimate of drug-likeness (QED) is 0.388. The van der Waals surface area contributed by atoms with Crippen LogP contribution >= 0.6 is 0 Å². The van der Waals surface area contributed by atoms with Crippen LogP contribution in [0, 0.1) is 0 Å². The summed E-state index contributed by atoms with van der Waals surface area (Å²) < 4.78 is 1.81. The van der Waals surface area contributed by atoms with E-state index in [1.165, 1.54) is 0 Å². The highest BCUT2D eigenvalue weighted by molar-refractivity contribution is 6.12. The van der Waals surface area contributed by atoms with E-state index in [2.05, 4.69) is 21.0 Å². The predicted octanol–water partition coefficient (Wildman–Crippen LogP) is 5.07. The molecule has 168 valence electrons. The van der Waals surface area contributed by atoms with E-state index in [1.807, 2.05) is 55.8 Å². The first-order valence-electron chi connectivity index (χ1n) is 10.9. The minimum absolute atomic E-state index is 0.0916. The molecule has 33 heavy (non-hydrogen) atoms. The van der Waals surface area contributed by atoms with Crippen LogP contribution in [-0.4, -0.2) is 33.2 Å². The molecule has 0 spiro atoms. The van der Waals surface area contributed by atoms with Crippen molar-refractivity contribution in [2.45, 2.75) is 26.8 Å². The standard InChI is InChI=1S/C25H26N6O2/c1-4-26-25(33)29-19-12-8-11-18(13-19)28-24(32)20-14-22(17-9-6-5-7-10-17)30-23-21(20)15-27-31(23)16(2)3/h5-16H,4H2,1-3H3,(H,28,32)(H2,26,29,33). The minimum atomic E-state index is -0.301. The number of hydrogen-bond acceptors (Lipinski definition) is 4. The highest BCUT2D eigenvalue weighted by Crippen LogP contribution is 2.27. The Labute approximate surface area is 192 Å². The molecular weight excluding hydrogens is 416 g/mol. The average Bonchev–Trinajstić information content (AvgIpc) is 3.24. The second-order valence-corrected chi connectivity index (χ2v) is 7.86. The summed E-state index contributed by atoms with van der Waals surface area (Å²) in [5.41, 5.74) is 3.89. The van der Waals surface area contributed by atoms with Crippen LogP contribution in [0.1, 0.15) is 37.2 Å². The van der Waals surface area contributed by atoms with Gasteiger partial charge in [0.05, 0.1) is 22.8 Å². The van der Waals surface area contributed by atoms with E-state index in [0.29, 0.717) is 40.2 Å². The zero-order valence-corrected chi connectivity index (χ0v) is 18.8. The van der Waals surface area contributed by atoms with Gasteiger partial charge in [0.25, 0.3) is 5.91 Å². The number of hydrogen-bond donors (Lipinski definition) is 3. The number of nitrogens with zero attached hydrogens (tertiary/aromatic N) is 3. The maximum Gasteiger partial charge on any atom is 0.319 e. The molecule has 0 saturated heterocycles. The Morgan fingerprint density at radius 2 is 1.70 bits per heavy atom. The normalized spacial score (nSPS) is 10.9. The first kappa shape index (κ1) is 22.0. The van der Waals surface area contributed by atoms with Gasteiger partial charge in [0.15, 0.2) is 5.65 Å². The van der Waals surface area contributed by atoms with Crippen LogP contribution in [0.25, 0.3) is 22.3 Å². The van der Waals surface area contributed by atoms with Crippen molar-refractivity contribution in [1.82, 2.24) is 20.1 Å². The number of nitrogens with one attached hydrogen (secondary N) is 3. The summed E-state index contributed by atoms with van der Waals surface area (Å²) in [4.78, 5) is 30.0. The topological polar surface area (TPSA) is 101 Å². The molecule has 3 N–H and O–H groups in total. The number of carbonyl (C=O) groups is 2. The van der Waals surface area contributed by atoms with Gasteiger partial charge in [0.2, 0.25) is 0 Å². The number of urea groups is 1. The fraction of sp³-hybridized carbons (Fsp3) is 0.200. The number of fused-ring (bicyclic) bond motifs is 1. The summed E-state index contributed by atoms with van der Waals surface area (Å²) in [7, 11) is 0. The van der Waals surface area contributed by atoms with E-state index in [-0.39, 0.29) is 18.0 Å². The number of carbonyl (C=O) groups excluding carboxylic acids is 2. The van der Waals surface area contributed by atoms with Gasteiger partial charge in [-0.3, -0.25) is 4.79 Å². The largest absolute Gasteiger partial charge is 0.338 e. The lowest BCUT2D eigenvalue weighted by Crippen LogP contribution is -2.28. The molecule has 2 aromatic carbocycles. The van der Waals surface area contributed by atoms with Gasteiger partial charge in [-0.25, -0.2) is 14.5 Å². The first-order valence-corrected chi connectivity index (χ1v) is 10.9. The van der Waals surface area contributed by atoms with Gasteiger partial charge in [-0.2, -0.15) is 5.10 Å². The first-order chi connectivity index (χ1) is 16.0. The van der Waals surface area contributed by atoms with E-state index in [0.717, 1.165) is 5.56 Å². The molecule has 4 aromatic rings. The van der Waals surface area contributed by atoms with E-state index < -0.39 is 0 Å². The molecular formula is C25H26N6O2. The molecule has 0 unspecified atom stereocenters. The predicted molar refractivity (Wildman–Crippen MR) is 130 cm³/mol. The second kappa shape index (κ2) is 9.52. The number of aromatic nitrogens is 3. The zero-order chi connectivity index (χ0) is 23.4. The third-order valence-corrected chi connectivity index (χ3v) is 5.09. The van der Waals surface area contributed by atoms with Crippen LogP contribution in [-0.2, 0) is 0 Å². The van der Waals surface area contributed by atoms with Crippen molar-refractivity contribution in [2.24, 2.45) is 0 Å². The number of pyridine rings is 1. The molecule has 2 heterocycles. The maximum absolute atomic E-state index is 13.4. The molecule has 0 bridgehead atoms. The Morgan fingerprint density at radius 1 is 0.970 bits per heavy atom. The van der Waals surface area contributed by atoms with E-state index >= 15 is 0 Å². The molecule has 2 aromatic heterocycles. The van der Waals surface area contributed by atoms with Crippen molar-refractivity contribution < 1.29 is 9.59 Å². The van der Waals surface area contributed by atoms with Crippen molar-refractivity contribution >= 4 is 34.3 Å². The van der Waals surface area contributed by atoms with Crippen molar-refractivity contribution in [3.8, 4) is 11.3 Å². The smallest absolute Gasteiger partial charge is 0.319 e. The van der Waals surface area contributed by atoms with Crippen LogP contribution < -0.4 is 16.0 Å². The van der Waals surface area contributed by atoms with Crippen molar-refractivity contribution in [2.75, 3.05) is 17.2 Å². The summed E-state index contributed by atoms with van der Waals surface area (Å²) in [6, 6.07) is 18.3. The number of rotatable bonds is 6. The van der Waals surface area contributed by atoms with Gasteiger partial charge < -0.3 is 16.0 Å². The molecule has 8 heteroatoms. The van der Waals surface area contributed by atoms with Crippen molar-refractivity contribution in [3.63, 3.8) is 0 Å². The van der Waals surface area contributed by atoms with Crippen LogP contribution in [0.15, 0.2) is 66.9 Å². The van der Waals surface area contributed by atoms with Crippen molar-refractivity contribution in [3.05, 3.63) is 72.4 Å². The van der Waals surface area contributed by atoms with E-state index in [9.17, 15) is 9.59 Å². The molecule has 0 aliphatic carbocycles. The van der Waals surface area contributed by atoms with E-state index in [1.54, 1.807) is 36.5 Å². The average molecular weight is 443 g/mol. The van der Waals surface area contributed by atoms with Gasteiger partial charge in [-0.15, -0.1) is 0 Å². The Morgan fingerprint density at radius 3 is 2.39 bits per heavy atom. The number of amides is 3. The summed E-state index contributed by atoms with van der Waals surface area (Å²) in [5, 5.41) is 13.5. The highest BCUT2D eigenvalue weighted by Gasteiger charge is 2.19. The Kier molecular flexibility index (Phi) is 6.35. The maximum atomic E-state index is 13.4. The molecule has 0 atom stereocenters. The lowest BCUT2D eigenvalue weighted by atomic mass is 10.1. The Hall–Kier alpha value is -4.20. The molecule has 0 radical (unpaired) electrons. The van der Waals surface area contributed by atoms with Gasteiger partial charge in [0, 0.05) is 29.5 Å². The van der Waals surface area contributed by atoms with Crippen LogP contribution in [0.4, 0.5) is 16.2 Å². The Bertz CT molecular complexity index is 1300. The lowest BCUT2D eigenvalue weighted by molar-refractivity contribution is 0.102. The summed E-state index contributed by atoms with van der Waals surface area (Å²) in [6.45, 7) is 6.41. The Balaban J connectivity index is 1.70. The monoisotopic (exact) mass is 442 g/mol. The summed E-state index contributed by atoms with van der Waals surface area (Å²) in [6.07, 6.45) is 1.68. The fourth-order valence-electron chi connectivity index (χ4n) is 3.55. The number of benzene rings is 2. The molecule has 3 amide bonds. The van der Waals surface area contributed by atoms with Crippen molar-refractivity contribution in [1.29, 1.82) is 0 Å². The SMILES string of the molecule is CCNC(=O)Nc1cccc(NC(=O)c2cc(-c3ccccc3)nc3c2cnn3C(C)C)c1. The fourth-order valence-corrected chi connectivity index (χ4v) is 3.55. The van der Waals surface area contributed by atoms with Crippen LogP contribution in [0.2, 0.25) is 0 Å². The summed E-state index contributed by atoms with van der Waals surface area (Å²) >= 11 is 0. The third kappa shape index (κ3) is 4.85. The van der Waals surface area contributed by atoms with Crippen LogP contribution in [0.5, 0.6) is 0 Å².